The van der Waals surface area contributed by atoms with Crippen molar-refractivity contribution in [1.29, 1.82) is 0 Å². The number of aryl methyl sites for hydroxylation is 1. The van der Waals surface area contributed by atoms with E-state index in [1.165, 1.54) is 6.07 Å². The van der Waals surface area contributed by atoms with Crippen LogP contribution in [0.3, 0.4) is 0 Å². The molecule has 0 saturated carbocycles. The molecule has 0 heterocycles. The van der Waals surface area contributed by atoms with Crippen LogP contribution in [-0.2, 0) is 14.8 Å². The lowest BCUT2D eigenvalue weighted by molar-refractivity contribution is -0.117. The third-order valence-corrected chi connectivity index (χ3v) is 4.20. The molecule has 0 spiro atoms. The number of halogens is 1. The molecule has 0 aliphatic carbocycles. The lowest BCUT2D eigenvalue weighted by Crippen LogP contribution is -2.28. The highest BCUT2D eigenvalue weighted by molar-refractivity contribution is 9.10. The van der Waals surface area contributed by atoms with Crippen molar-refractivity contribution in [3.63, 3.8) is 0 Å². The van der Waals surface area contributed by atoms with Gasteiger partial charge in [0, 0.05) is 17.4 Å². The summed E-state index contributed by atoms with van der Waals surface area (Å²) in [7, 11) is -3.60. The van der Waals surface area contributed by atoms with Gasteiger partial charge in [-0.2, -0.15) is 0 Å². The van der Waals surface area contributed by atoms with E-state index in [-0.39, 0.29) is 17.9 Å². The molecule has 0 unspecified atom stereocenters. The molecule has 17 heavy (non-hydrogen) atoms. The molecular formula is C10H13BrN2O3S. The van der Waals surface area contributed by atoms with Crippen LogP contribution in [0, 0.1) is 6.92 Å². The van der Waals surface area contributed by atoms with Crippen LogP contribution >= 0.6 is 15.9 Å². The number of hydrogen-bond acceptors (Lipinski definition) is 3. The largest absolute Gasteiger partial charge is 0.370 e. The van der Waals surface area contributed by atoms with Crippen molar-refractivity contribution in [3.8, 4) is 0 Å². The number of nitrogens with one attached hydrogen (secondary N) is 1. The van der Waals surface area contributed by atoms with Gasteiger partial charge < -0.3 is 5.73 Å². The second-order valence-corrected chi connectivity index (χ2v) is 6.17. The molecule has 0 radical (unpaired) electrons. The highest BCUT2D eigenvalue weighted by atomic mass is 79.9. The van der Waals surface area contributed by atoms with Crippen LogP contribution in [0.4, 0.5) is 0 Å². The molecule has 0 bridgehead atoms. The molecule has 0 aliphatic rings. The van der Waals surface area contributed by atoms with Crippen molar-refractivity contribution in [2.24, 2.45) is 5.73 Å². The van der Waals surface area contributed by atoms with Gasteiger partial charge in [0.05, 0.1) is 4.90 Å². The Bertz CT molecular complexity index is 528. The van der Waals surface area contributed by atoms with Gasteiger partial charge in [-0.05, 0) is 24.6 Å². The Hall–Kier alpha value is -0.920. The molecule has 94 valence electrons. The van der Waals surface area contributed by atoms with E-state index in [0.717, 1.165) is 0 Å². The third kappa shape index (κ3) is 4.10. The Labute approximate surface area is 109 Å². The summed E-state index contributed by atoms with van der Waals surface area (Å²) < 4.78 is 26.8. The van der Waals surface area contributed by atoms with Crippen LogP contribution in [-0.4, -0.2) is 20.9 Å². The molecule has 0 fully saturated rings. The number of hydrogen-bond donors (Lipinski definition) is 2. The first-order chi connectivity index (χ1) is 7.83. The smallest absolute Gasteiger partial charge is 0.240 e. The number of carbonyl (C=O) groups is 1. The van der Waals surface area contributed by atoms with Gasteiger partial charge >= 0.3 is 0 Å². The zero-order valence-corrected chi connectivity index (χ0v) is 11.6. The van der Waals surface area contributed by atoms with Crippen LogP contribution in [0.2, 0.25) is 0 Å². The fourth-order valence-corrected chi connectivity index (χ4v) is 3.06. The second kappa shape index (κ2) is 5.61. The highest BCUT2D eigenvalue weighted by Gasteiger charge is 2.16. The maximum Gasteiger partial charge on any atom is 0.240 e. The first-order valence-electron chi connectivity index (χ1n) is 4.87. The van der Waals surface area contributed by atoms with E-state index in [0.29, 0.717) is 10.0 Å². The Kier molecular flexibility index (Phi) is 4.67. The van der Waals surface area contributed by atoms with Crippen LogP contribution < -0.4 is 10.5 Å². The monoisotopic (exact) mass is 320 g/mol. The number of nitrogens with two attached hydrogens (primary N) is 1. The Morgan fingerprint density at radius 3 is 2.71 bits per heavy atom. The second-order valence-electron chi connectivity index (χ2n) is 3.52. The summed E-state index contributed by atoms with van der Waals surface area (Å²) in [6.07, 6.45) is -0.0215. The molecule has 0 atom stereocenters. The van der Waals surface area contributed by atoms with Crippen LogP contribution in [0.1, 0.15) is 12.0 Å². The summed E-state index contributed by atoms with van der Waals surface area (Å²) in [6.45, 7) is 1.71. The molecule has 0 aliphatic heterocycles. The van der Waals surface area contributed by atoms with E-state index in [1.807, 2.05) is 0 Å². The number of carbonyl (C=O) groups excluding carboxylic acids is 1. The predicted molar refractivity (Wildman–Crippen MR) is 67.9 cm³/mol. The fourth-order valence-electron chi connectivity index (χ4n) is 1.25. The topological polar surface area (TPSA) is 89.3 Å². The Morgan fingerprint density at radius 2 is 2.12 bits per heavy atom. The first-order valence-corrected chi connectivity index (χ1v) is 7.14. The SMILES string of the molecule is Cc1ccc(Br)cc1S(=O)(=O)NCCC(N)=O. The third-order valence-electron chi connectivity index (χ3n) is 2.10. The molecule has 1 aromatic rings. The molecule has 3 N–H and O–H groups in total. The molecule has 0 saturated heterocycles. The predicted octanol–water partition coefficient (Wildman–Crippen LogP) is 0.911. The van der Waals surface area contributed by atoms with Crippen molar-refractivity contribution in [3.05, 3.63) is 28.2 Å². The van der Waals surface area contributed by atoms with E-state index in [4.69, 9.17) is 5.73 Å². The highest BCUT2D eigenvalue weighted by Crippen LogP contribution is 2.20. The summed E-state index contributed by atoms with van der Waals surface area (Å²) in [4.78, 5) is 10.7. The van der Waals surface area contributed by atoms with Gasteiger partial charge in [0.1, 0.15) is 0 Å². The summed E-state index contributed by atoms with van der Waals surface area (Å²) in [6, 6.07) is 4.98. The number of primary amides is 1. The minimum atomic E-state index is -3.60. The average Bonchev–Trinajstić information content (AvgIpc) is 2.20. The first kappa shape index (κ1) is 14.1. The van der Waals surface area contributed by atoms with Gasteiger partial charge in [0.2, 0.25) is 15.9 Å². The molecular weight excluding hydrogens is 308 g/mol. The van der Waals surface area contributed by atoms with Gasteiger partial charge in [0.25, 0.3) is 0 Å². The summed E-state index contributed by atoms with van der Waals surface area (Å²) in [5.41, 5.74) is 5.57. The quantitative estimate of drug-likeness (QED) is 0.845. The molecule has 1 rings (SSSR count). The number of benzene rings is 1. The molecule has 5 nitrogen and oxygen atoms in total. The number of amides is 1. The van der Waals surface area contributed by atoms with Crippen LogP contribution in [0.5, 0.6) is 0 Å². The van der Waals surface area contributed by atoms with Gasteiger partial charge in [-0.15, -0.1) is 0 Å². The zero-order valence-electron chi connectivity index (χ0n) is 9.23. The van der Waals surface area contributed by atoms with Crippen molar-refractivity contribution in [2.45, 2.75) is 18.2 Å². The molecule has 0 aromatic heterocycles. The molecule has 1 amide bonds. The number of rotatable bonds is 5. The van der Waals surface area contributed by atoms with Crippen molar-refractivity contribution < 1.29 is 13.2 Å². The minimum absolute atomic E-state index is 0.00359. The van der Waals surface area contributed by atoms with Crippen molar-refractivity contribution >= 4 is 31.9 Å². The van der Waals surface area contributed by atoms with Crippen molar-refractivity contribution in [2.75, 3.05) is 6.54 Å². The van der Waals surface area contributed by atoms with E-state index in [9.17, 15) is 13.2 Å². The zero-order chi connectivity index (χ0) is 13.1. The van der Waals surface area contributed by atoms with Crippen LogP contribution in [0.15, 0.2) is 27.6 Å². The van der Waals surface area contributed by atoms with E-state index in [2.05, 4.69) is 20.7 Å². The Morgan fingerprint density at radius 1 is 1.47 bits per heavy atom. The number of sulfonamides is 1. The maximum absolute atomic E-state index is 11.9. The normalized spacial score (nSPS) is 11.4. The molecule has 7 heteroatoms. The standard InChI is InChI=1S/C10H13BrN2O3S/c1-7-2-3-8(11)6-9(7)17(15,16)13-5-4-10(12)14/h2-3,6,13H,4-5H2,1H3,(H2,12,14). The molecule has 1 aromatic carbocycles. The van der Waals surface area contributed by atoms with Gasteiger partial charge in [0.15, 0.2) is 0 Å². The Balaban J connectivity index is 2.89. The minimum Gasteiger partial charge on any atom is -0.370 e. The van der Waals surface area contributed by atoms with Crippen molar-refractivity contribution in [1.82, 2.24) is 4.72 Å². The lowest BCUT2D eigenvalue weighted by atomic mass is 10.2. The van der Waals surface area contributed by atoms with E-state index in [1.54, 1.807) is 19.1 Å². The van der Waals surface area contributed by atoms with Gasteiger partial charge in [-0.3, -0.25) is 4.79 Å². The lowest BCUT2D eigenvalue weighted by Gasteiger charge is -2.08. The van der Waals surface area contributed by atoms with E-state index < -0.39 is 15.9 Å². The van der Waals surface area contributed by atoms with Gasteiger partial charge in [-0.1, -0.05) is 22.0 Å². The summed E-state index contributed by atoms with van der Waals surface area (Å²) in [5, 5.41) is 0. The summed E-state index contributed by atoms with van der Waals surface area (Å²) in [5.74, 6) is -0.543. The summed E-state index contributed by atoms with van der Waals surface area (Å²) >= 11 is 3.21. The van der Waals surface area contributed by atoms with E-state index >= 15 is 0 Å². The van der Waals surface area contributed by atoms with Crippen LogP contribution in [0.25, 0.3) is 0 Å². The fraction of sp³-hybridized carbons (Fsp3) is 0.300. The maximum atomic E-state index is 11.9. The average molecular weight is 321 g/mol. The van der Waals surface area contributed by atoms with Gasteiger partial charge in [-0.25, -0.2) is 13.1 Å².